The second-order valence-electron chi connectivity index (χ2n) is 3.19. The number of rotatable bonds is 1. The van der Waals surface area contributed by atoms with Crippen LogP contribution in [0.15, 0.2) is 24.3 Å². The number of anilines is 2. The van der Waals surface area contributed by atoms with Crippen LogP contribution in [0.3, 0.4) is 0 Å². The minimum atomic E-state index is 0. The number of halogens is 1. The quantitative estimate of drug-likeness (QED) is 0.721. The Balaban J connectivity index is 0.000000980. The number of morpholine rings is 1. The van der Waals surface area contributed by atoms with Gasteiger partial charge in [0.2, 0.25) is 0 Å². The Labute approximate surface area is 90.3 Å². The molecule has 2 rings (SSSR count). The molecule has 1 aliphatic rings. The summed E-state index contributed by atoms with van der Waals surface area (Å²) in [5, 5.41) is 0. The molecule has 0 aromatic heterocycles. The Morgan fingerprint density at radius 3 is 2.21 bits per heavy atom. The molecule has 0 spiro atoms. The molecule has 4 heteroatoms. The zero-order chi connectivity index (χ0) is 9.10. The first-order chi connectivity index (χ1) is 6.36. The Morgan fingerprint density at radius 1 is 1.07 bits per heavy atom. The maximum absolute atomic E-state index is 5.61. The van der Waals surface area contributed by atoms with E-state index >= 15 is 0 Å². The van der Waals surface area contributed by atoms with Crippen LogP contribution in [-0.2, 0) is 4.74 Å². The van der Waals surface area contributed by atoms with E-state index in [-0.39, 0.29) is 12.4 Å². The van der Waals surface area contributed by atoms with E-state index in [4.69, 9.17) is 10.5 Å². The smallest absolute Gasteiger partial charge is 0.0642 e. The summed E-state index contributed by atoms with van der Waals surface area (Å²) >= 11 is 0. The Bertz CT molecular complexity index is 270. The third-order valence-corrected chi connectivity index (χ3v) is 2.27. The summed E-state index contributed by atoms with van der Waals surface area (Å²) in [6.45, 7) is 3.60. The molecule has 0 bridgehead atoms. The molecule has 0 saturated carbocycles. The van der Waals surface area contributed by atoms with Crippen LogP contribution >= 0.6 is 12.4 Å². The van der Waals surface area contributed by atoms with Gasteiger partial charge in [0.05, 0.1) is 13.2 Å². The predicted molar refractivity (Wildman–Crippen MR) is 61.1 cm³/mol. The first-order valence-corrected chi connectivity index (χ1v) is 4.54. The molecule has 0 amide bonds. The highest BCUT2D eigenvalue weighted by molar-refractivity contribution is 5.85. The van der Waals surface area contributed by atoms with E-state index in [0.29, 0.717) is 0 Å². The number of hydrogen-bond acceptors (Lipinski definition) is 3. The lowest BCUT2D eigenvalue weighted by atomic mass is 10.2. The molecule has 0 aliphatic carbocycles. The molecule has 2 N–H and O–H groups in total. The maximum atomic E-state index is 5.61. The summed E-state index contributed by atoms with van der Waals surface area (Å²) in [5.74, 6) is 0. The predicted octanol–water partition coefficient (Wildman–Crippen LogP) is 1.53. The van der Waals surface area contributed by atoms with Crippen LogP contribution in [0.1, 0.15) is 0 Å². The van der Waals surface area contributed by atoms with E-state index in [0.717, 1.165) is 32.0 Å². The molecule has 0 unspecified atom stereocenters. The van der Waals surface area contributed by atoms with Gasteiger partial charge >= 0.3 is 0 Å². The molecule has 0 atom stereocenters. The third kappa shape index (κ3) is 2.53. The third-order valence-electron chi connectivity index (χ3n) is 2.27. The molecule has 14 heavy (non-hydrogen) atoms. The fourth-order valence-electron chi connectivity index (χ4n) is 1.51. The number of nitrogens with zero attached hydrogens (tertiary/aromatic N) is 1. The molecule has 3 nitrogen and oxygen atoms in total. The zero-order valence-corrected chi connectivity index (χ0v) is 8.80. The van der Waals surface area contributed by atoms with Crippen LogP contribution in [0.4, 0.5) is 11.4 Å². The minimum Gasteiger partial charge on any atom is -0.399 e. The molecule has 1 aliphatic heterocycles. The van der Waals surface area contributed by atoms with Crippen molar-refractivity contribution in [2.24, 2.45) is 0 Å². The van der Waals surface area contributed by atoms with Gasteiger partial charge in [-0.25, -0.2) is 0 Å². The summed E-state index contributed by atoms with van der Waals surface area (Å²) in [5.41, 5.74) is 7.66. The number of ether oxygens (including phenoxy) is 1. The van der Waals surface area contributed by atoms with Crippen molar-refractivity contribution >= 4 is 23.8 Å². The van der Waals surface area contributed by atoms with E-state index in [1.165, 1.54) is 5.69 Å². The number of hydrogen-bond donors (Lipinski definition) is 1. The highest BCUT2D eigenvalue weighted by Crippen LogP contribution is 2.16. The summed E-state index contributed by atoms with van der Waals surface area (Å²) in [4.78, 5) is 2.31. The van der Waals surface area contributed by atoms with Gasteiger partial charge in [0.15, 0.2) is 0 Å². The largest absolute Gasteiger partial charge is 0.399 e. The minimum absolute atomic E-state index is 0. The van der Waals surface area contributed by atoms with Crippen molar-refractivity contribution in [3.8, 4) is 0 Å². The zero-order valence-electron chi connectivity index (χ0n) is 7.98. The van der Waals surface area contributed by atoms with Crippen molar-refractivity contribution in [1.82, 2.24) is 0 Å². The lowest BCUT2D eigenvalue weighted by Crippen LogP contribution is -2.36. The van der Waals surface area contributed by atoms with Crippen molar-refractivity contribution in [3.05, 3.63) is 24.3 Å². The first kappa shape index (κ1) is 11.1. The van der Waals surface area contributed by atoms with Gasteiger partial charge < -0.3 is 15.4 Å². The molecular formula is C10H15ClN2O. The molecule has 78 valence electrons. The van der Waals surface area contributed by atoms with Crippen molar-refractivity contribution in [1.29, 1.82) is 0 Å². The van der Waals surface area contributed by atoms with Gasteiger partial charge in [0, 0.05) is 24.5 Å². The average Bonchev–Trinajstić information content (AvgIpc) is 2.20. The molecule has 1 heterocycles. The molecule has 1 fully saturated rings. The van der Waals surface area contributed by atoms with Crippen LogP contribution < -0.4 is 10.6 Å². The van der Waals surface area contributed by atoms with Crippen LogP contribution in [-0.4, -0.2) is 26.3 Å². The molecule has 1 aromatic rings. The lowest BCUT2D eigenvalue weighted by Gasteiger charge is -2.28. The topological polar surface area (TPSA) is 38.5 Å². The number of benzene rings is 1. The molecule has 0 radical (unpaired) electrons. The van der Waals surface area contributed by atoms with Crippen LogP contribution in [0.2, 0.25) is 0 Å². The van der Waals surface area contributed by atoms with Crippen LogP contribution in [0.5, 0.6) is 0 Å². The van der Waals surface area contributed by atoms with Crippen molar-refractivity contribution < 1.29 is 4.74 Å². The molecule has 1 aromatic carbocycles. The van der Waals surface area contributed by atoms with Crippen LogP contribution in [0, 0.1) is 0 Å². The van der Waals surface area contributed by atoms with Gasteiger partial charge in [0.1, 0.15) is 0 Å². The number of nitrogens with two attached hydrogens (primary N) is 1. The second-order valence-corrected chi connectivity index (χ2v) is 3.19. The van der Waals surface area contributed by atoms with Gasteiger partial charge in [-0.2, -0.15) is 0 Å². The van der Waals surface area contributed by atoms with E-state index in [2.05, 4.69) is 17.0 Å². The Hall–Kier alpha value is -0.930. The normalized spacial score (nSPS) is 16.1. The van der Waals surface area contributed by atoms with Gasteiger partial charge in [-0.3, -0.25) is 0 Å². The van der Waals surface area contributed by atoms with Crippen molar-refractivity contribution in [2.75, 3.05) is 36.9 Å². The highest BCUT2D eigenvalue weighted by Gasteiger charge is 2.09. The van der Waals surface area contributed by atoms with Gasteiger partial charge in [-0.1, -0.05) is 0 Å². The van der Waals surface area contributed by atoms with E-state index in [1.54, 1.807) is 0 Å². The molecular weight excluding hydrogens is 200 g/mol. The van der Waals surface area contributed by atoms with E-state index < -0.39 is 0 Å². The lowest BCUT2D eigenvalue weighted by molar-refractivity contribution is 0.122. The monoisotopic (exact) mass is 214 g/mol. The van der Waals surface area contributed by atoms with Crippen molar-refractivity contribution in [3.63, 3.8) is 0 Å². The fraction of sp³-hybridized carbons (Fsp3) is 0.400. The van der Waals surface area contributed by atoms with Gasteiger partial charge in [0.25, 0.3) is 0 Å². The first-order valence-electron chi connectivity index (χ1n) is 4.54. The summed E-state index contributed by atoms with van der Waals surface area (Å²) in [6, 6.07) is 7.98. The summed E-state index contributed by atoms with van der Waals surface area (Å²) in [6.07, 6.45) is 0. The van der Waals surface area contributed by atoms with Crippen molar-refractivity contribution in [2.45, 2.75) is 0 Å². The van der Waals surface area contributed by atoms with Crippen LogP contribution in [0.25, 0.3) is 0 Å². The second kappa shape index (κ2) is 5.08. The average molecular weight is 215 g/mol. The number of nitrogen functional groups attached to an aromatic ring is 1. The highest BCUT2D eigenvalue weighted by atomic mass is 35.5. The summed E-state index contributed by atoms with van der Waals surface area (Å²) in [7, 11) is 0. The standard InChI is InChI=1S/C10H14N2O.ClH/c11-9-1-3-10(4-2-9)12-5-7-13-8-6-12;/h1-4H,5-8,11H2;1H. The SMILES string of the molecule is Cl.Nc1ccc(N2CCOCC2)cc1. The Morgan fingerprint density at radius 2 is 1.64 bits per heavy atom. The Kier molecular flexibility index (Phi) is 4.04. The van der Waals surface area contributed by atoms with Gasteiger partial charge in [-0.15, -0.1) is 12.4 Å². The van der Waals surface area contributed by atoms with E-state index in [1.807, 2.05) is 12.1 Å². The summed E-state index contributed by atoms with van der Waals surface area (Å²) < 4.78 is 5.28. The molecule has 1 saturated heterocycles. The van der Waals surface area contributed by atoms with E-state index in [9.17, 15) is 0 Å². The fourth-order valence-corrected chi connectivity index (χ4v) is 1.51. The maximum Gasteiger partial charge on any atom is 0.0642 e. The van der Waals surface area contributed by atoms with Gasteiger partial charge in [-0.05, 0) is 24.3 Å².